The molecule has 0 N–H and O–H groups in total. The first-order chi connectivity index (χ1) is 10.3. The number of Topliss-reactive ketones (excluding diaryl/α,β-unsaturated/α-hetero) is 1. The van der Waals surface area contributed by atoms with Crippen molar-refractivity contribution in [3.63, 3.8) is 0 Å². The van der Waals surface area contributed by atoms with E-state index in [1.165, 1.54) is 0 Å². The van der Waals surface area contributed by atoms with Gasteiger partial charge in [0.2, 0.25) is 11.7 Å². The number of hydrogen-bond acceptors (Lipinski definition) is 4. The van der Waals surface area contributed by atoms with E-state index in [1.54, 1.807) is 13.3 Å². The number of rotatable bonds is 3. The van der Waals surface area contributed by atoms with Crippen molar-refractivity contribution in [3.8, 4) is 17.7 Å². The molecule has 5 nitrogen and oxygen atoms in total. The molecule has 2 rings (SSSR count). The maximum absolute atomic E-state index is 12.2. The van der Waals surface area contributed by atoms with Crippen LogP contribution in [0.2, 0.25) is 0 Å². The fourth-order valence-corrected chi connectivity index (χ4v) is 2.15. The zero-order valence-corrected chi connectivity index (χ0v) is 13.9. The standard InChI is InChI=1S/C17H21N3O2/c1-7-12-11(2)20-10-13(14(21)8-9-17(3,4)5)18-16(20)19-15(12)22-6/h10H,7H2,1-6H3. The van der Waals surface area contributed by atoms with Gasteiger partial charge in [-0.3, -0.25) is 9.20 Å². The molecule has 0 aliphatic heterocycles. The average Bonchev–Trinajstić information content (AvgIpc) is 2.88. The highest BCUT2D eigenvalue weighted by molar-refractivity contribution is 6.08. The second-order valence-electron chi connectivity index (χ2n) is 6.16. The normalized spacial score (nSPS) is 11.2. The van der Waals surface area contributed by atoms with Crippen LogP contribution in [0.3, 0.4) is 0 Å². The van der Waals surface area contributed by atoms with Gasteiger partial charge in [-0.2, -0.15) is 4.98 Å². The molecular weight excluding hydrogens is 278 g/mol. The van der Waals surface area contributed by atoms with E-state index in [9.17, 15) is 4.79 Å². The number of aromatic nitrogens is 3. The second kappa shape index (κ2) is 5.80. The Labute approximate surface area is 130 Å². The largest absolute Gasteiger partial charge is 0.481 e. The molecule has 0 spiro atoms. The molecule has 2 aromatic heterocycles. The van der Waals surface area contributed by atoms with Crippen LogP contribution >= 0.6 is 0 Å². The smallest absolute Gasteiger partial charge is 0.255 e. The Morgan fingerprint density at radius 2 is 2.05 bits per heavy atom. The van der Waals surface area contributed by atoms with Gasteiger partial charge >= 0.3 is 0 Å². The molecule has 0 fully saturated rings. The Kier molecular flexibility index (Phi) is 4.23. The van der Waals surface area contributed by atoms with Crippen molar-refractivity contribution in [1.82, 2.24) is 14.4 Å². The van der Waals surface area contributed by atoms with Crippen LogP contribution in [0.1, 0.15) is 49.4 Å². The molecule has 0 radical (unpaired) electrons. The first kappa shape index (κ1) is 16.0. The number of methoxy groups -OCH3 is 1. The summed E-state index contributed by atoms with van der Waals surface area (Å²) in [5, 5.41) is 0. The van der Waals surface area contributed by atoms with Gasteiger partial charge in [-0.05, 0) is 40.0 Å². The third-order valence-corrected chi connectivity index (χ3v) is 3.28. The summed E-state index contributed by atoms with van der Waals surface area (Å²) >= 11 is 0. The molecule has 0 atom stereocenters. The highest BCUT2D eigenvalue weighted by Crippen LogP contribution is 2.22. The number of imidazole rings is 1. The van der Waals surface area contributed by atoms with Gasteiger partial charge in [0.15, 0.2) is 0 Å². The number of hydrogen-bond donors (Lipinski definition) is 0. The SMILES string of the molecule is CCc1c(OC)nc2nc(C(=O)C#CC(C)(C)C)cn2c1C. The highest BCUT2D eigenvalue weighted by Gasteiger charge is 2.16. The zero-order valence-electron chi connectivity index (χ0n) is 13.9. The second-order valence-corrected chi connectivity index (χ2v) is 6.16. The fraction of sp³-hybridized carbons (Fsp3) is 0.471. The fourth-order valence-electron chi connectivity index (χ4n) is 2.15. The Morgan fingerprint density at radius 3 is 2.59 bits per heavy atom. The number of carbonyl (C=O) groups excluding carboxylic acids is 1. The Balaban J connectivity index is 2.53. The summed E-state index contributed by atoms with van der Waals surface area (Å²) in [4.78, 5) is 20.8. The van der Waals surface area contributed by atoms with Gasteiger partial charge in [0.25, 0.3) is 5.78 Å². The summed E-state index contributed by atoms with van der Waals surface area (Å²) in [6, 6.07) is 0. The lowest BCUT2D eigenvalue weighted by molar-refractivity contribution is 0.105. The quantitative estimate of drug-likeness (QED) is 0.497. The monoisotopic (exact) mass is 299 g/mol. The van der Waals surface area contributed by atoms with Crippen LogP contribution in [-0.4, -0.2) is 27.3 Å². The Hall–Kier alpha value is -2.35. The van der Waals surface area contributed by atoms with Crippen LogP contribution in [0.25, 0.3) is 5.78 Å². The predicted octanol–water partition coefficient (Wildman–Crippen LogP) is 2.84. The van der Waals surface area contributed by atoms with E-state index in [-0.39, 0.29) is 11.2 Å². The van der Waals surface area contributed by atoms with Crippen molar-refractivity contribution in [2.75, 3.05) is 7.11 Å². The average molecular weight is 299 g/mol. The lowest BCUT2D eigenvalue weighted by Gasteiger charge is -2.10. The van der Waals surface area contributed by atoms with Gasteiger partial charge in [-0.1, -0.05) is 12.8 Å². The molecule has 0 unspecified atom stereocenters. The number of fused-ring (bicyclic) bond motifs is 1. The molecule has 5 heteroatoms. The van der Waals surface area contributed by atoms with E-state index in [1.807, 2.05) is 39.0 Å². The van der Waals surface area contributed by atoms with Crippen molar-refractivity contribution < 1.29 is 9.53 Å². The van der Waals surface area contributed by atoms with Gasteiger partial charge < -0.3 is 4.74 Å². The number of nitrogens with zero attached hydrogens (tertiary/aromatic N) is 3. The Bertz CT molecular complexity index is 786. The summed E-state index contributed by atoms with van der Waals surface area (Å²) in [5.41, 5.74) is 2.07. The maximum Gasteiger partial charge on any atom is 0.255 e. The molecule has 2 aromatic rings. The first-order valence-electron chi connectivity index (χ1n) is 7.27. The molecule has 0 aliphatic carbocycles. The molecule has 0 saturated heterocycles. The minimum absolute atomic E-state index is 0.221. The molecule has 0 saturated carbocycles. The predicted molar refractivity (Wildman–Crippen MR) is 85.2 cm³/mol. The molecule has 0 amide bonds. The van der Waals surface area contributed by atoms with Crippen molar-refractivity contribution >= 4 is 11.6 Å². The minimum atomic E-state index is -0.295. The summed E-state index contributed by atoms with van der Waals surface area (Å²) in [5.74, 6) is 6.29. The number of carbonyl (C=O) groups is 1. The lowest BCUT2D eigenvalue weighted by Crippen LogP contribution is -2.03. The van der Waals surface area contributed by atoms with E-state index in [0.29, 0.717) is 17.4 Å². The maximum atomic E-state index is 12.2. The van der Waals surface area contributed by atoms with E-state index < -0.39 is 0 Å². The summed E-state index contributed by atoms with van der Waals surface area (Å²) in [7, 11) is 1.58. The highest BCUT2D eigenvalue weighted by atomic mass is 16.5. The number of ketones is 1. The third kappa shape index (κ3) is 3.11. The van der Waals surface area contributed by atoms with Gasteiger partial charge in [0.05, 0.1) is 7.11 Å². The van der Waals surface area contributed by atoms with Gasteiger partial charge in [-0.15, -0.1) is 0 Å². The Morgan fingerprint density at radius 1 is 1.36 bits per heavy atom. The van der Waals surface area contributed by atoms with Crippen LogP contribution in [-0.2, 0) is 6.42 Å². The van der Waals surface area contributed by atoms with E-state index in [0.717, 1.165) is 17.7 Å². The van der Waals surface area contributed by atoms with Crippen LogP contribution in [0.5, 0.6) is 5.88 Å². The van der Waals surface area contributed by atoms with Gasteiger partial charge in [0, 0.05) is 22.9 Å². The third-order valence-electron chi connectivity index (χ3n) is 3.28. The molecular formula is C17H21N3O2. The van der Waals surface area contributed by atoms with Crippen LogP contribution < -0.4 is 4.74 Å². The van der Waals surface area contributed by atoms with Gasteiger partial charge in [0.1, 0.15) is 5.69 Å². The summed E-state index contributed by atoms with van der Waals surface area (Å²) in [6.07, 6.45) is 2.49. The van der Waals surface area contributed by atoms with E-state index in [4.69, 9.17) is 4.74 Å². The number of aryl methyl sites for hydroxylation is 1. The topological polar surface area (TPSA) is 56.5 Å². The van der Waals surface area contributed by atoms with Gasteiger partial charge in [-0.25, -0.2) is 4.98 Å². The molecule has 0 aliphatic rings. The molecule has 2 heterocycles. The van der Waals surface area contributed by atoms with E-state index >= 15 is 0 Å². The molecule has 116 valence electrons. The van der Waals surface area contributed by atoms with Crippen molar-refractivity contribution in [2.45, 2.75) is 41.0 Å². The minimum Gasteiger partial charge on any atom is -0.481 e. The van der Waals surface area contributed by atoms with Crippen molar-refractivity contribution in [2.24, 2.45) is 5.41 Å². The number of ether oxygens (including phenoxy) is 1. The van der Waals surface area contributed by atoms with Crippen LogP contribution in [0.4, 0.5) is 0 Å². The molecule has 22 heavy (non-hydrogen) atoms. The van der Waals surface area contributed by atoms with Crippen LogP contribution in [0.15, 0.2) is 6.20 Å². The van der Waals surface area contributed by atoms with Crippen molar-refractivity contribution in [3.05, 3.63) is 23.1 Å². The van der Waals surface area contributed by atoms with E-state index in [2.05, 4.69) is 21.8 Å². The first-order valence-corrected chi connectivity index (χ1v) is 7.27. The molecule has 0 bridgehead atoms. The van der Waals surface area contributed by atoms with Crippen LogP contribution in [0, 0.1) is 24.2 Å². The summed E-state index contributed by atoms with van der Waals surface area (Å²) < 4.78 is 7.12. The van der Waals surface area contributed by atoms with Crippen molar-refractivity contribution in [1.29, 1.82) is 0 Å². The zero-order chi connectivity index (χ0) is 16.5. The summed E-state index contributed by atoms with van der Waals surface area (Å²) in [6.45, 7) is 9.88. The molecule has 0 aromatic carbocycles. The lowest BCUT2D eigenvalue weighted by atomic mass is 9.98.